The second-order valence-corrected chi connectivity index (χ2v) is 7.58. The van der Waals surface area contributed by atoms with Crippen LogP contribution in [-0.4, -0.2) is 48.4 Å². The number of esters is 1. The van der Waals surface area contributed by atoms with Crippen molar-refractivity contribution in [2.75, 3.05) is 20.2 Å². The van der Waals surface area contributed by atoms with E-state index in [-0.39, 0.29) is 13.2 Å². The van der Waals surface area contributed by atoms with Crippen LogP contribution in [0, 0.1) is 5.41 Å². The standard InChI is InChI=1S/C21H23NO5/c1-19-10-11-20(2,27-19)21(17(23)25-3)14-22(12-9-16(19)21)18(24)26-13-15-7-5-4-6-8-15/h4-11H,12-14H2,1-3H3/t19-,20+,21+/m0/s1. The molecular weight excluding hydrogens is 346 g/mol. The minimum Gasteiger partial charge on any atom is -0.468 e. The number of fused-ring (bicyclic) bond motifs is 5. The molecule has 3 heterocycles. The Morgan fingerprint density at radius 1 is 1.19 bits per heavy atom. The molecule has 0 radical (unpaired) electrons. The summed E-state index contributed by atoms with van der Waals surface area (Å²) >= 11 is 0. The van der Waals surface area contributed by atoms with Crippen molar-refractivity contribution < 1.29 is 23.8 Å². The highest BCUT2D eigenvalue weighted by molar-refractivity contribution is 5.87. The number of methoxy groups -OCH3 is 1. The van der Waals surface area contributed by atoms with Gasteiger partial charge in [0.15, 0.2) is 0 Å². The van der Waals surface area contributed by atoms with Gasteiger partial charge < -0.3 is 19.1 Å². The second kappa shape index (κ2) is 5.96. The maximum absolute atomic E-state index is 12.9. The maximum atomic E-state index is 12.9. The first-order chi connectivity index (χ1) is 12.8. The number of ether oxygens (including phenoxy) is 3. The van der Waals surface area contributed by atoms with E-state index in [9.17, 15) is 9.59 Å². The monoisotopic (exact) mass is 369 g/mol. The van der Waals surface area contributed by atoms with Gasteiger partial charge in [0, 0.05) is 13.1 Å². The van der Waals surface area contributed by atoms with Gasteiger partial charge in [-0.2, -0.15) is 0 Å². The number of hydrogen-bond donors (Lipinski definition) is 0. The van der Waals surface area contributed by atoms with Gasteiger partial charge in [0.1, 0.15) is 23.2 Å². The van der Waals surface area contributed by atoms with Gasteiger partial charge in [0.05, 0.1) is 7.11 Å². The average Bonchev–Trinajstić information content (AvgIpc) is 3.12. The summed E-state index contributed by atoms with van der Waals surface area (Å²) in [5.41, 5.74) is -0.802. The summed E-state index contributed by atoms with van der Waals surface area (Å²) in [4.78, 5) is 27.1. The van der Waals surface area contributed by atoms with Gasteiger partial charge in [0.25, 0.3) is 0 Å². The molecule has 1 aromatic carbocycles. The fourth-order valence-corrected chi connectivity index (χ4v) is 4.56. The molecular formula is C21H23NO5. The van der Waals surface area contributed by atoms with Crippen LogP contribution in [0.25, 0.3) is 0 Å². The van der Waals surface area contributed by atoms with Gasteiger partial charge >= 0.3 is 12.1 Å². The quantitative estimate of drug-likeness (QED) is 0.606. The molecule has 1 aromatic rings. The van der Waals surface area contributed by atoms with Crippen molar-refractivity contribution in [3.63, 3.8) is 0 Å². The van der Waals surface area contributed by atoms with Gasteiger partial charge in [-0.05, 0) is 25.0 Å². The summed E-state index contributed by atoms with van der Waals surface area (Å²) in [7, 11) is 1.36. The van der Waals surface area contributed by atoms with Gasteiger partial charge in [-0.25, -0.2) is 4.79 Å². The van der Waals surface area contributed by atoms with Gasteiger partial charge in [-0.3, -0.25) is 4.79 Å². The minimum atomic E-state index is -1.06. The molecule has 4 rings (SSSR count). The normalized spacial score (nSPS) is 33.4. The fourth-order valence-electron chi connectivity index (χ4n) is 4.56. The molecule has 27 heavy (non-hydrogen) atoms. The number of hydrogen-bond acceptors (Lipinski definition) is 5. The molecule has 1 fully saturated rings. The Kier molecular flexibility index (Phi) is 3.93. The van der Waals surface area contributed by atoms with E-state index in [0.717, 1.165) is 11.1 Å². The van der Waals surface area contributed by atoms with Crippen molar-refractivity contribution in [1.29, 1.82) is 0 Å². The zero-order valence-electron chi connectivity index (χ0n) is 15.7. The highest BCUT2D eigenvalue weighted by Crippen LogP contribution is 2.62. The Morgan fingerprint density at radius 3 is 2.63 bits per heavy atom. The molecule has 3 aliphatic rings. The van der Waals surface area contributed by atoms with Crippen molar-refractivity contribution >= 4 is 12.1 Å². The van der Waals surface area contributed by atoms with Crippen LogP contribution < -0.4 is 0 Å². The van der Waals surface area contributed by atoms with Gasteiger partial charge in [-0.15, -0.1) is 0 Å². The first-order valence-corrected chi connectivity index (χ1v) is 9.00. The average molecular weight is 369 g/mol. The molecule has 3 atom stereocenters. The summed E-state index contributed by atoms with van der Waals surface area (Å²) in [6.07, 6.45) is 5.32. The summed E-state index contributed by atoms with van der Waals surface area (Å²) in [6.45, 7) is 4.52. The summed E-state index contributed by atoms with van der Waals surface area (Å²) in [5.74, 6) is -0.398. The zero-order chi connectivity index (χ0) is 19.3. The Hall–Kier alpha value is -2.60. The number of nitrogens with zero attached hydrogens (tertiary/aromatic N) is 1. The molecule has 1 saturated heterocycles. The lowest BCUT2D eigenvalue weighted by atomic mass is 9.62. The lowest BCUT2D eigenvalue weighted by molar-refractivity contribution is -0.160. The molecule has 0 aliphatic carbocycles. The number of rotatable bonds is 3. The summed E-state index contributed by atoms with van der Waals surface area (Å²) in [6, 6.07) is 9.49. The van der Waals surface area contributed by atoms with Crippen LogP contribution in [0.5, 0.6) is 0 Å². The third-order valence-corrected chi connectivity index (χ3v) is 5.93. The smallest absolute Gasteiger partial charge is 0.410 e. The molecule has 6 nitrogen and oxygen atoms in total. The highest BCUT2D eigenvalue weighted by atomic mass is 16.6. The van der Waals surface area contributed by atoms with Crippen LogP contribution in [0.4, 0.5) is 4.79 Å². The largest absolute Gasteiger partial charge is 0.468 e. The van der Waals surface area contributed by atoms with E-state index in [1.807, 2.05) is 62.4 Å². The number of carbonyl (C=O) groups is 2. The predicted octanol–water partition coefficient (Wildman–Crippen LogP) is 2.84. The Balaban J connectivity index is 1.59. The van der Waals surface area contributed by atoms with Crippen molar-refractivity contribution in [2.45, 2.75) is 31.7 Å². The SMILES string of the molecule is COC(=O)[C@@]12CN(C(=O)OCc3ccccc3)CC=C1[C@]1(C)C=C[C@@]2(C)O1. The van der Waals surface area contributed by atoms with Gasteiger partial charge in [0.2, 0.25) is 0 Å². The van der Waals surface area contributed by atoms with Crippen molar-refractivity contribution in [1.82, 2.24) is 4.90 Å². The van der Waals surface area contributed by atoms with Crippen molar-refractivity contribution in [3.05, 3.63) is 59.7 Å². The molecule has 0 N–H and O–H groups in total. The number of benzene rings is 1. The number of carbonyl (C=O) groups excluding carboxylic acids is 2. The van der Waals surface area contributed by atoms with E-state index < -0.39 is 28.7 Å². The molecule has 142 valence electrons. The van der Waals surface area contributed by atoms with Crippen LogP contribution in [0.15, 0.2) is 54.1 Å². The molecule has 0 aromatic heterocycles. The molecule has 0 saturated carbocycles. The second-order valence-electron chi connectivity index (χ2n) is 7.58. The lowest BCUT2D eigenvalue weighted by Gasteiger charge is -2.44. The highest BCUT2D eigenvalue weighted by Gasteiger charge is 2.71. The van der Waals surface area contributed by atoms with Crippen molar-refractivity contribution in [3.8, 4) is 0 Å². The maximum Gasteiger partial charge on any atom is 0.410 e. The van der Waals surface area contributed by atoms with Crippen LogP contribution in [-0.2, 0) is 25.6 Å². The molecule has 0 unspecified atom stereocenters. The van der Waals surface area contributed by atoms with E-state index in [2.05, 4.69) is 0 Å². The fraction of sp³-hybridized carbons (Fsp3) is 0.429. The molecule has 6 heteroatoms. The summed E-state index contributed by atoms with van der Waals surface area (Å²) < 4.78 is 16.8. The predicted molar refractivity (Wildman–Crippen MR) is 97.8 cm³/mol. The third-order valence-electron chi connectivity index (χ3n) is 5.93. The third kappa shape index (κ3) is 2.43. The first kappa shape index (κ1) is 17.8. The minimum absolute atomic E-state index is 0.162. The van der Waals surface area contributed by atoms with Crippen LogP contribution in [0.3, 0.4) is 0 Å². The van der Waals surface area contributed by atoms with E-state index >= 15 is 0 Å². The zero-order valence-corrected chi connectivity index (χ0v) is 15.7. The van der Waals surface area contributed by atoms with E-state index in [1.165, 1.54) is 12.0 Å². The van der Waals surface area contributed by atoms with E-state index in [4.69, 9.17) is 14.2 Å². The molecule has 2 bridgehead atoms. The van der Waals surface area contributed by atoms with Crippen LogP contribution >= 0.6 is 0 Å². The van der Waals surface area contributed by atoms with Crippen LogP contribution in [0.1, 0.15) is 19.4 Å². The summed E-state index contributed by atoms with van der Waals surface area (Å²) in [5, 5.41) is 0. The van der Waals surface area contributed by atoms with E-state index in [0.29, 0.717) is 6.54 Å². The van der Waals surface area contributed by atoms with Crippen LogP contribution in [0.2, 0.25) is 0 Å². The lowest BCUT2D eigenvalue weighted by Crippen LogP contribution is -2.59. The molecule has 1 amide bonds. The van der Waals surface area contributed by atoms with Crippen molar-refractivity contribution in [2.24, 2.45) is 5.41 Å². The topological polar surface area (TPSA) is 65.1 Å². The van der Waals surface area contributed by atoms with Gasteiger partial charge in [-0.1, -0.05) is 48.6 Å². The van der Waals surface area contributed by atoms with E-state index in [1.54, 1.807) is 0 Å². The number of amides is 1. The Labute approximate surface area is 158 Å². The molecule has 3 aliphatic heterocycles. The molecule has 0 spiro atoms. The Bertz CT molecular complexity index is 847. The first-order valence-electron chi connectivity index (χ1n) is 9.00. The Morgan fingerprint density at radius 2 is 1.93 bits per heavy atom.